The first-order chi connectivity index (χ1) is 16.5. The predicted molar refractivity (Wildman–Crippen MR) is 127 cm³/mol. The number of likely N-dealkylation sites (tertiary alicyclic amines) is 1. The number of aromatic nitrogens is 1. The van der Waals surface area contributed by atoms with E-state index in [0.717, 1.165) is 29.5 Å². The van der Waals surface area contributed by atoms with Gasteiger partial charge >= 0.3 is 0 Å². The molecule has 5 rings (SSSR count). The standard InChI is InChI=1S/C25H27N3O5S/c29-25(20-6-8-22(9-7-20)34(30,31)28-15-17-32-18-16-28)27-13-10-21(11-14-27)33-23-5-1-3-19-4-2-12-26-24(19)23/h1-9,12,21H,10-11,13-18H2. The van der Waals surface area contributed by atoms with Crippen molar-refractivity contribution in [2.45, 2.75) is 23.8 Å². The lowest BCUT2D eigenvalue weighted by Gasteiger charge is -2.32. The topological polar surface area (TPSA) is 89.0 Å². The molecule has 0 atom stereocenters. The second-order valence-corrected chi connectivity index (χ2v) is 10.4. The number of hydrogen-bond donors (Lipinski definition) is 0. The van der Waals surface area contributed by atoms with Crippen molar-refractivity contribution in [2.24, 2.45) is 0 Å². The lowest BCUT2D eigenvalue weighted by molar-refractivity contribution is 0.0597. The summed E-state index contributed by atoms with van der Waals surface area (Å²) in [7, 11) is -3.58. The Bertz CT molecular complexity index is 1260. The van der Waals surface area contributed by atoms with Crippen LogP contribution in [0.5, 0.6) is 5.75 Å². The quantitative estimate of drug-likeness (QED) is 0.557. The number of hydrogen-bond acceptors (Lipinski definition) is 6. The van der Waals surface area contributed by atoms with Gasteiger partial charge in [0.15, 0.2) is 0 Å². The zero-order valence-electron chi connectivity index (χ0n) is 18.8. The second-order valence-electron chi connectivity index (χ2n) is 8.48. The smallest absolute Gasteiger partial charge is 0.253 e. The maximum Gasteiger partial charge on any atom is 0.253 e. The fourth-order valence-corrected chi connectivity index (χ4v) is 5.82. The van der Waals surface area contributed by atoms with Crippen molar-refractivity contribution in [1.29, 1.82) is 0 Å². The summed E-state index contributed by atoms with van der Waals surface area (Å²) in [4.78, 5) is 19.4. The molecule has 9 heteroatoms. The molecule has 34 heavy (non-hydrogen) atoms. The molecule has 8 nitrogen and oxygen atoms in total. The van der Waals surface area contributed by atoms with E-state index in [9.17, 15) is 13.2 Å². The van der Waals surface area contributed by atoms with Crippen molar-refractivity contribution >= 4 is 26.8 Å². The van der Waals surface area contributed by atoms with Crippen LogP contribution in [0.2, 0.25) is 0 Å². The van der Waals surface area contributed by atoms with Gasteiger partial charge in [0.1, 0.15) is 17.4 Å². The van der Waals surface area contributed by atoms with Crippen molar-refractivity contribution in [3.8, 4) is 5.75 Å². The number of nitrogens with zero attached hydrogens (tertiary/aromatic N) is 3. The third-order valence-electron chi connectivity index (χ3n) is 6.33. The number of carbonyl (C=O) groups is 1. The molecule has 1 aromatic heterocycles. The molecule has 178 valence electrons. The van der Waals surface area contributed by atoms with Gasteiger partial charge in [-0.25, -0.2) is 8.42 Å². The molecule has 0 bridgehead atoms. The monoisotopic (exact) mass is 481 g/mol. The lowest BCUT2D eigenvalue weighted by Crippen LogP contribution is -2.42. The number of amides is 1. The summed E-state index contributed by atoms with van der Waals surface area (Å²) in [6, 6.07) is 16.0. The molecule has 0 unspecified atom stereocenters. The van der Waals surface area contributed by atoms with Crippen molar-refractivity contribution in [1.82, 2.24) is 14.2 Å². The predicted octanol–water partition coefficient (Wildman–Crippen LogP) is 2.94. The Morgan fingerprint density at radius 3 is 2.38 bits per heavy atom. The zero-order valence-corrected chi connectivity index (χ0v) is 19.6. The number of rotatable bonds is 5. The van der Waals surface area contributed by atoms with Gasteiger partial charge in [-0.3, -0.25) is 9.78 Å². The fourth-order valence-electron chi connectivity index (χ4n) is 4.42. The van der Waals surface area contributed by atoms with E-state index in [-0.39, 0.29) is 16.9 Å². The fraction of sp³-hybridized carbons (Fsp3) is 0.360. The van der Waals surface area contributed by atoms with E-state index in [0.29, 0.717) is 45.0 Å². The minimum Gasteiger partial charge on any atom is -0.488 e. The Morgan fingerprint density at radius 2 is 1.65 bits per heavy atom. The highest BCUT2D eigenvalue weighted by Gasteiger charge is 2.28. The molecular weight excluding hydrogens is 454 g/mol. The molecular formula is C25H27N3O5S. The SMILES string of the molecule is O=C(c1ccc(S(=O)(=O)N2CCOCC2)cc1)N1CCC(Oc2cccc3cccnc23)CC1. The lowest BCUT2D eigenvalue weighted by atomic mass is 10.1. The van der Waals surface area contributed by atoms with E-state index in [4.69, 9.17) is 9.47 Å². The van der Waals surface area contributed by atoms with Gasteiger partial charge in [0.25, 0.3) is 5.91 Å². The van der Waals surface area contributed by atoms with Crippen LogP contribution in [0, 0.1) is 0 Å². The first-order valence-electron chi connectivity index (χ1n) is 11.5. The van der Waals surface area contributed by atoms with Gasteiger partial charge in [0, 0.05) is 56.2 Å². The van der Waals surface area contributed by atoms with Gasteiger partial charge in [-0.1, -0.05) is 18.2 Å². The largest absolute Gasteiger partial charge is 0.488 e. The number of fused-ring (bicyclic) bond motifs is 1. The highest BCUT2D eigenvalue weighted by Crippen LogP contribution is 2.27. The van der Waals surface area contributed by atoms with E-state index in [2.05, 4.69) is 4.98 Å². The number of carbonyl (C=O) groups excluding carboxylic acids is 1. The average molecular weight is 482 g/mol. The molecule has 0 spiro atoms. The molecule has 0 N–H and O–H groups in total. The second kappa shape index (κ2) is 9.69. The molecule has 3 aromatic rings. The minimum atomic E-state index is -3.58. The van der Waals surface area contributed by atoms with Crippen LogP contribution >= 0.6 is 0 Å². The summed E-state index contributed by atoms with van der Waals surface area (Å²) in [5, 5.41) is 1.03. The maximum atomic E-state index is 13.0. The van der Waals surface area contributed by atoms with E-state index in [1.165, 1.54) is 16.4 Å². The molecule has 1 amide bonds. The number of ether oxygens (including phenoxy) is 2. The summed E-state index contributed by atoms with van der Waals surface area (Å²) < 4.78 is 38.5. The van der Waals surface area contributed by atoms with E-state index in [1.807, 2.05) is 30.3 Å². The Morgan fingerprint density at radius 1 is 0.941 bits per heavy atom. The minimum absolute atomic E-state index is 0.0118. The molecule has 2 saturated heterocycles. The van der Waals surface area contributed by atoms with Crippen LogP contribution in [0.15, 0.2) is 65.7 Å². The van der Waals surface area contributed by atoms with Crippen molar-refractivity contribution in [2.75, 3.05) is 39.4 Å². The van der Waals surface area contributed by atoms with Crippen molar-refractivity contribution < 1.29 is 22.7 Å². The molecule has 0 radical (unpaired) electrons. The highest BCUT2D eigenvalue weighted by atomic mass is 32.2. The van der Waals surface area contributed by atoms with Crippen molar-refractivity contribution in [3.05, 3.63) is 66.4 Å². The Kier molecular flexibility index (Phi) is 6.49. The van der Waals surface area contributed by atoms with Gasteiger partial charge < -0.3 is 14.4 Å². The normalized spacial score (nSPS) is 18.2. The first kappa shape index (κ1) is 22.8. The third kappa shape index (κ3) is 4.64. The number of pyridine rings is 1. The van der Waals surface area contributed by atoms with Crippen LogP contribution in [0.4, 0.5) is 0 Å². The van der Waals surface area contributed by atoms with Gasteiger partial charge in [-0.2, -0.15) is 4.31 Å². The van der Waals surface area contributed by atoms with Crippen LogP contribution in [0.1, 0.15) is 23.2 Å². The highest BCUT2D eigenvalue weighted by molar-refractivity contribution is 7.89. The zero-order chi connectivity index (χ0) is 23.5. The molecule has 0 saturated carbocycles. The number of benzene rings is 2. The Balaban J connectivity index is 1.20. The van der Waals surface area contributed by atoms with Crippen LogP contribution in [0.25, 0.3) is 10.9 Å². The maximum absolute atomic E-state index is 13.0. The third-order valence-corrected chi connectivity index (χ3v) is 8.24. The first-order valence-corrected chi connectivity index (χ1v) is 12.9. The number of sulfonamides is 1. The molecule has 2 aromatic carbocycles. The summed E-state index contributed by atoms with van der Waals surface area (Å²) in [6.45, 7) is 2.63. The van der Waals surface area contributed by atoms with Crippen LogP contribution in [-0.2, 0) is 14.8 Å². The van der Waals surface area contributed by atoms with Crippen LogP contribution in [0.3, 0.4) is 0 Å². The molecule has 3 heterocycles. The van der Waals surface area contributed by atoms with E-state index >= 15 is 0 Å². The van der Waals surface area contributed by atoms with Gasteiger partial charge in [-0.15, -0.1) is 0 Å². The number of para-hydroxylation sites is 1. The average Bonchev–Trinajstić information content (AvgIpc) is 2.89. The van der Waals surface area contributed by atoms with E-state index in [1.54, 1.807) is 23.2 Å². The van der Waals surface area contributed by atoms with Crippen LogP contribution < -0.4 is 4.74 Å². The van der Waals surface area contributed by atoms with Gasteiger partial charge in [0.05, 0.1) is 18.1 Å². The van der Waals surface area contributed by atoms with E-state index < -0.39 is 10.0 Å². The summed E-state index contributed by atoms with van der Waals surface area (Å²) >= 11 is 0. The van der Waals surface area contributed by atoms with Gasteiger partial charge in [-0.05, 0) is 36.4 Å². The molecule has 2 fully saturated rings. The Hall–Kier alpha value is -3.01. The molecule has 0 aliphatic carbocycles. The summed E-state index contributed by atoms with van der Waals surface area (Å²) in [5.41, 5.74) is 1.33. The van der Waals surface area contributed by atoms with Crippen LogP contribution in [-0.4, -0.2) is 74.0 Å². The molecule has 2 aliphatic heterocycles. The van der Waals surface area contributed by atoms with Crippen molar-refractivity contribution in [3.63, 3.8) is 0 Å². The number of morpholine rings is 1. The Labute approximate surface area is 199 Å². The number of piperidine rings is 1. The summed E-state index contributed by atoms with van der Waals surface area (Å²) in [5.74, 6) is 0.667. The molecule has 2 aliphatic rings. The van der Waals surface area contributed by atoms with Gasteiger partial charge in [0.2, 0.25) is 10.0 Å². The summed E-state index contributed by atoms with van der Waals surface area (Å²) in [6.07, 6.45) is 3.21.